The van der Waals surface area contributed by atoms with Crippen LogP contribution in [0.5, 0.6) is 0 Å². The maximum absolute atomic E-state index is 13.5. The predicted molar refractivity (Wildman–Crippen MR) is 78.3 cm³/mol. The van der Waals surface area contributed by atoms with Crippen LogP contribution in [-0.4, -0.2) is 20.0 Å². The number of Topliss-reactive ketones (excluding diaryl/α,β-unsaturated/α-hetero) is 1. The fraction of sp³-hybridized carbons (Fsp3) is 0.188. The highest BCUT2D eigenvalue weighted by Crippen LogP contribution is 2.17. The summed E-state index contributed by atoms with van der Waals surface area (Å²) in [5.41, 5.74) is 0.804. The minimum atomic E-state index is -3.70. The molecule has 2 aromatic carbocycles. The van der Waals surface area contributed by atoms with E-state index in [2.05, 4.69) is 0 Å². The quantitative estimate of drug-likeness (QED) is 0.853. The number of ketones is 1. The highest BCUT2D eigenvalue weighted by molar-refractivity contribution is 7.92. The van der Waals surface area contributed by atoms with Crippen LogP contribution >= 0.6 is 0 Å². The molecule has 0 atom stereocenters. The number of aryl methyl sites for hydroxylation is 1. The van der Waals surface area contributed by atoms with Gasteiger partial charge in [0.05, 0.1) is 4.90 Å². The van der Waals surface area contributed by atoms with Gasteiger partial charge in [0.15, 0.2) is 15.6 Å². The van der Waals surface area contributed by atoms with Gasteiger partial charge >= 0.3 is 0 Å². The highest BCUT2D eigenvalue weighted by atomic mass is 32.2. The summed E-state index contributed by atoms with van der Waals surface area (Å²) in [4.78, 5) is 12.1. The van der Waals surface area contributed by atoms with Crippen molar-refractivity contribution in [1.82, 2.24) is 0 Å². The van der Waals surface area contributed by atoms with Crippen LogP contribution in [0.3, 0.4) is 0 Å². The van der Waals surface area contributed by atoms with Crippen molar-refractivity contribution >= 4 is 15.6 Å². The molecule has 0 radical (unpaired) electrons. The van der Waals surface area contributed by atoms with E-state index >= 15 is 0 Å². The largest absolute Gasteiger partial charge is 0.298 e. The van der Waals surface area contributed by atoms with Gasteiger partial charge in [0.2, 0.25) is 0 Å². The number of hydrogen-bond donors (Lipinski definition) is 0. The van der Waals surface area contributed by atoms with Gasteiger partial charge in [0.25, 0.3) is 0 Å². The van der Waals surface area contributed by atoms with Gasteiger partial charge in [-0.15, -0.1) is 0 Å². The van der Waals surface area contributed by atoms with Gasteiger partial charge in [-0.25, -0.2) is 12.8 Å². The number of rotatable bonds is 5. The lowest BCUT2D eigenvalue weighted by molar-refractivity contribution is -0.116. The molecule has 0 bridgehead atoms. The second-order valence-corrected chi connectivity index (χ2v) is 6.79. The van der Waals surface area contributed by atoms with Crippen LogP contribution in [0.2, 0.25) is 0 Å². The van der Waals surface area contributed by atoms with Crippen molar-refractivity contribution in [2.75, 3.05) is 5.75 Å². The van der Waals surface area contributed by atoms with Gasteiger partial charge in [-0.3, -0.25) is 4.79 Å². The number of carbonyl (C=O) groups excluding carboxylic acids is 1. The van der Waals surface area contributed by atoms with E-state index in [4.69, 9.17) is 0 Å². The molecule has 2 rings (SSSR count). The summed E-state index contributed by atoms with van der Waals surface area (Å²) in [6.45, 7) is 1.67. The third-order valence-corrected chi connectivity index (χ3v) is 4.96. The molecule has 2 aromatic rings. The van der Waals surface area contributed by atoms with Crippen molar-refractivity contribution in [2.45, 2.75) is 18.2 Å². The second kappa shape index (κ2) is 6.18. The Hall–Kier alpha value is -2.01. The first kappa shape index (κ1) is 15.4. The van der Waals surface area contributed by atoms with Crippen LogP contribution in [0.4, 0.5) is 4.39 Å². The number of benzene rings is 2. The molecule has 3 nitrogen and oxygen atoms in total. The Balaban J connectivity index is 2.16. The van der Waals surface area contributed by atoms with Gasteiger partial charge in [0, 0.05) is 6.42 Å². The summed E-state index contributed by atoms with van der Waals surface area (Å²) in [5.74, 6) is -1.64. The molecule has 0 saturated heterocycles. The molecule has 0 aromatic heterocycles. The van der Waals surface area contributed by atoms with Crippen molar-refractivity contribution in [3.8, 4) is 0 Å². The maximum Gasteiger partial charge on any atom is 0.185 e. The molecule has 5 heteroatoms. The van der Waals surface area contributed by atoms with E-state index < -0.39 is 27.2 Å². The predicted octanol–water partition coefficient (Wildman–Crippen LogP) is 2.72. The van der Waals surface area contributed by atoms with Gasteiger partial charge < -0.3 is 0 Å². The number of carbonyl (C=O) groups is 1. The first-order chi connectivity index (χ1) is 9.90. The Morgan fingerprint density at radius 3 is 2.33 bits per heavy atom. The lowest BCUT2D eigenvalue weighted by atomic mass is 10.1. The van der Waals surface area contributed by atoms with E-state index in [1.165, 1.54) is 24.3 Å². The summed E-state index contributed by atoms with van der Waals surface area (Å²) in [7, 11) is -3.70. The molecule has 0 N–H and O–H groups in total. The zero-order valence-corrected chi connectivity index (χ0v) is 12.4. The Morgan fingerprint density at radius 1 is 1.05 bits per heavy atom. The van der Waals surface area contributed by atoms with E-state index in [1.807, 2.05) is 0 Å². The first-order valence-corrected chi connectivity index (χ1v) is 8.09. The average molecular weight is 306 g/mol. The van der Waals surface area contributed by atoms with E-state index in [0.29, 0.717) is 5.56 Å². The van der Waals surface area contributed by atoms with E-state index in [0.717, 1.165) is 0 Å². The van der Waals surface area contributed by atoms with Gasteiger partial charge in [-0.2, -0.15) is 0 Å². The van der Waals surface area contributed by atoms with Crippen LogP contribution in [0, 0.1) is 12.7 Å². The SMILES string of the molecule is Cc1ccccc1S(=O)(=O)CC(=O)Cc1ccccc1F. The molecule has 0 aliphatic heterocycles. The minimum Gasteiger partial charge on any atom is -0.298 e. The summed E-state index contributed by atoms with van der Waals surface area (Å²) in [5, 5.41) is 0. The standard InChI is InChI=1S/C16H15FO3S/c1-12-6-2-5-9-16(12)21(19,20)11-14(18)10-13-7-3-4-8-15(13)17/h2-9H,10-11H2,1H3. The van der Waals surface area contributed by atoms with Crippen molar-refractivity contribution in [2.24, 2.45) is 0 Å². The number of halogens is 1. The Morgan fingerprint density at radius 2 is 1.67 bits per heavy atom. The van der Waals surface area contributed by atoms with Crippen molar-refractivity contribution in [3.63, 3.8) is 0 Å². The molecule has 0 unspecified atom stereocenters. The maximum atomic E-state index is 13.5. The van der Waals surface area contributed by atoms with E-state index in [9.17, 15) is 17.6 Å². The van der Waals surface area contributed by atoms with Crippen LogP contribution in [0.1, 0.15) is 11.1 Å². The van der Waals surface area contributed by atoms with Crippen LogP contribution in [-0.2, 0) is 21.1 Å². The summed E-state index contributed by atoms with van der Waals surface area (Å²) >= 11 is 0. The molecule has 0 amide bonds. The molecule has 0 aliphatic rings. The average Bonchev–Trinajstić information content (AvgIpc) is 2.41. The Kier molecular flexibility index (Phi) is 4.53. The molecule has 110 valence electrons. The fourth-order valence-corrected chi connectivity index (χ4v) is 3.63. The number of hydrogen-bond acceptors (Lipinski definition) is 3. The minimum absolute atomic E-state index is 0.145. The van der Waals surface area contributed by atoms with E-state index in [-0.39, 0.29) is 16.9 Å². The second-order valence-electron chi connectivity index (χ2n) is 4.83. The summed E-state index contributed by atoms with van der Waals surface area (Å²) in [6.07, 6.45) is -0.224. The van der Waals surface area contributed by atoms with Gasteiger partial charge in [0.1, 0.15) is 11.6 Å². The Bertz CT molecular complexity index is 767. The molecular weight excluding hydrogens is 291 g/mol. The molecule has 0 saturated carbocycles. The van der Waals surface area contributed by atoms with Crippen LogP contribution < -0.4 is 0 Å². The first-order valence-electron chi connectivity index (χ1n) is 6.43. The van der Waals surface area contributed by atoms with Gasteiger partial charge in [-0.05, 0) is 30.2 Å². The molecular formula is C16H15FO3S. The van der Waals surface area contributed by atoms with Crippen LogP contribution in [0.15, 0.2) is 53.4 Å². The van der Waals surface area contributed by atoms with Crippen molar-refractivity contribution < 1.29 is 17.6 Å². The summed E-state index contributed by atoms with van der Waals surface area (Å²) < 4.78 is 37.9. The molecule has 21 heavy (non-hydrogen) atoms. The number of sulfone groups is 1. The third kappa shape index (κ3) is 3.76. The summed E-state index contributed by atoms with van der Waals surface area (Å²) in [6, 6.07) is 12.4. The molecule has 0 aliphatic carbocycles. The Labute approximate surface area is 123 Å². The molecule has 0 spiro atoms. The smallest absolute Gasteiger partial charge is 0.185 e. The van der Waals surface area contributed by atoms with Crippen molar-refractivity contribution in [1.29, 1.82) is 0 Å². The van der Waals surface area contributed by atoms with E-state index in [1.54, 1.807) is 31.2 Å². The lowest BCUT2D eigenvalue weighted by Crippen LogP contribution is -2.19. The topological polar surface area (TPSA) is 51.2 Å². The molecule has 0 fully saturated rings. The lowest BCUT2D eigenvalue weighted by Gasteiger charge is -2.07. The van der Waals surface area contributed by atoms with Gasteiger partial charge in [-0.1, -0.05) is 36.4 Å². The zero-order valence-electron chi connectivity index (χ0n) is 11.5. The normalized spacial score (nSPS) is 11.3. The highest BCUT2D eigenvalue weighted by Gasteiger charge is 2.21. The monoisotopic (exact) mass is 306 g/mol. The molecule has 0 heterocycles. The van der Waals surface area contributed by atoms with Crippen molar-refractivity contribution in [3.05, 3.63) is 65.5 Å². The van der Waals surface area contributed by atoms with Crippen LogP contribution in [0.25, 0.3) is 0 Å². The third-order valence-electron chi connectivity index (χ3n) is 3.13. The zero-order chi connectivity index (χ0) is 15.5. The fourth-order valence-electron chi connectivity index (χ4n) is 2.10.